The third-order valence-corrected chi connectivity index (χ3v) is 2.78. The smallest absolute Gasteiger partial charge is 0.309 e. The normalized spacial score (nSPS) is 23.1. The van der Waals surface area contributed by atoms with E-state index in [1.165, 1.54) is 7.05 Å². The zero-order chi connectivity index (χ0) is 9.90. The third kappa shape index (κ3) is 2.86. The molecule has 0 spiro atoms. The predicted molar refractivity (Wildman–Crippen MR) is 45.5 cm³/mol. The highest BCUT2D eigenvalue weighted by Gasteiger charge is 2.43. The molecule has 13 heavy (non-hydrogen) atoms. The number of alkyl halides is 3. The average Bonchev–Trinajstić information content (AvgIpc) is 2.05. The topological polar surface area (TPSA) is 12.0 Å². The van der Waals surface area contributed by atoms with E-state index >= 15 is 0 Å². The summed E-state index contributed by atoms with van der Waals surface area (Å²) in [7, 11) is 1.40. The molecule has 0 aromatic carbocycles. The Hall–Kier alpha value is -0.250. The molecule has 78 valence electrons. The Morgan fingerprint density at radius 3 is 2.08 bits per heavy atom. The highest BCUT2D eigenvalue weighted by Crippen LogP contribution is 2.34. The maximum absolute atomic E-state index is 12.4. The van der Waals surface area contributed by atoms with Crippen LogP contribution in [0.3, 0.4) is 0 Å². The van der Waals surface area contributed by atoms with Gasteiger partial charge in [0.05, 0.1) is 0 Å². The summed E-state index contributed by atoms with van der Waals surface area (Å²) in [5.41, 5.74) is 0. The van der Waals surface area contributed by atoms with Crippen molar-refractivity contribution in [2.45, 2.75) is 44.3 Å². The second-order valence-electron chi connectivity index (χ2n) is 3.71. The summed E-state index contributed by atoms with van der Waals surface area (Å²) in [4.78, 5) is 0. The molecule has 1 N–H and O–H groups in total. The first kappa shape index (κ1) is 10.8. The molecule has 1 aliphatic rings. The van der Waals surface area contributed by atoms with E-state index in [-0.39, 0.29) is 5.92 Å². The van der Waals surface area contributed by atoms with E-state index in [1.54, 1.807) is 0 Å². The van der Waals surface area contributed by atoms with E-state index in [2.05, 4.69) is 5.32 Å². The molecule has 0 aliphatic heterocycles. The highest BCUT2D eigenvalue weighted by molar-refractivity contribution is 4.83. The van der Waals surface area contributed by atoms with Gasteiger partial charge in [-0.15, -0.1) is 0 Å². The van der Waals surface area contributed by atoms with Gasteiger partial charge in [0.15, 0.2) is 0 Å². The van der Waals surface area contributed by atoms with Crippen LogP contribution in [0.15, 0.2) is 0 Å². The highest BCUT2D eigenvalue weighted by atomic mass is 19.4. The summed E-state index contributed by atoms with van der Waals surface area (Å²) in [6.45, 7) is 0. The molecule has 1 saturated carbocycles. The van der Waals surface area contributed by atoms with E-state index < -0.39 is 12.2 Å². The van der Waals surface area contributed by atoms with Gasteiger partial charge in [-0.2, -0.15) is 13.2 Å². The van der Waals surface area contributed by atoms with E-state index in [0.717, 1.165) is 19.3 Å². The van der Waals surface area contributed by atoms with Gasteiger partial charge >= 0.3 is 6.18 Å². The van der Waals surface area contributed by atoms with E-state index in [4.69, 9.17) is 0 Å². The molecule has 0 bridgehead atoms. The molecule has 0 aromatic rings. The minimum Gasteiger partial charge on any atom is -0.309 e. The lowest BCUT2D eigenvalue weighted by molar-refractivity contribution is -0.168. The summed E-state index contributed by atoms with van der Waals surface area (Å²) in [6, 6.07) is -1.30. The molecule has 1 fully saturated rings. The first-order valence-corrected chi connectivity index (χ1v) is 4.79. The maximum Gasteiger partial charge on any atom is 0.404 e. The average molecular weight is 195 g/mol. The van der Waals surface area contributed by atoms with Crippen LogP contribution < -0.4 is 5.32 Å². The SMILES string of the molecule is CN[C@H](C1CCCCC1)C(F)(F)F. The van der Waals surface area contributed by atoms with Crippen LogP contribution in [0.1, 0.15) is 32.1 Å². The number of hydrogen-bond donors (Lipinski definition) is 1. The van der Waals surface area contributed by atoms with Crippen LogP contribution in [0.5, 0.6) is 0 Å². The van der Waals surface area contributed by atoms with Gasteiger partial charge in [0.1, 0.15) is 6.04 Å². The second-order valence-corrected chi connectivity index (χ2v) is 3.71. The van der Waals surface area contributed by atoms with E-state index in [9.17, 15) is 13.2 Å². The minimum absolute atomic E-state index is 0.209. The van der Waals surface area contributed by atoms with Gasteiger partial charge in [0, 0.05) is 0 Å². The van der Waals surface area contributed by atoms with Gasteiger partial charge in [0.25, 0.3) is 0 Å². The van der Waals surface area contributed by atoms with Crippen molar-refractivity contribution in [3.05, 3.63) is 0 Å². The quantitative estimate of drug-likeness (QED) is 0.714. The lowest BCUT2D eigenvalue weighted by Gasteiger charge is -2.31. The first-order chi connectivity index (χ1) is 6.05. The molecule has 1 atom stereocenters. The number of halogens is 3. The lowest BCUT2D eigenvalue weighted by atomic mass is 9.83. The molecule has 0 radical (unpaired) electrons. The molecule has 0 aromatic heterocycles. The van der Waals surface area contributed by atoms with Crippen molar-refractivity contribution in [1.82, 2.24) is 5.32 Å². The standard InChI is InChI=1S/C9H16F3N/c1-13-8(9(10,11)12)7-5-3-2-4-6-7/h7-8,13H,2-6H2,1H3/t8-/m1/s1. The Morgan fingerprint density at radius 1 is 1.15 bits per heavy atom. The van der Waals surface area contributed by atoms with Crippen LogP contribution >= 0.6 is 0 Å². The zero-order valence-electron chi connectivity index (χ0n) is 7.82. The van der Waals surface area contributed by atoms with Crippen LogP contribution in [0.2, 0.25) is 0 Å². The summed E-state index contributed by atoms with van der Waals surface area (Å²) < 4.78 is 37.3. The van der Waals surface area contributed by atoms with Crippen LogP contribution in [0, 0.1) is 5.92 Å². The third-order valence-electron chi connectivity index (χ3n) is 2.78. The summed E-state index contributed by atoms with van der Waals surface area (Å²) in [6.07, 6.45) is 0.315. The lowest BCUT2D eigenvalue weighted by Crippen LogP contribution is -2.46. The Bertz CT molecular complexity index is 149. The second kappa shape index (κ2) is 4.31. The molecule has 0 saturated heterocycles. The van der Waals surface area contributed by atoms with Crippen LogP contribution in [0.4, 0.5) is 13.2 Å². The largest absolute Gasteiger partial charge is 0.404 e. The van der Waals surface area contributed by atoms with Gasteiger partial charge in [0.2, 0.25) is 0 Å². The van der Waals surface area contributed by atoms with E-state index in [1.807, 2.05) is 0 Å². The van der Waals surface area contributed by atoms with Crippen molar-refractivity contribution in [2.24, 2.45) is 5.92 Å². The van der Waals surface area contributed by atoms with Gasteiger partial charge in [-0.05, 0) is 25.8 Å². The van der Waals surface area contributed by atoms with Crippen molar-refractivity contribution in [3.63, 3.8) is 0 Å². The molecule has 1 rings (SSSR count). The molecule has 0 heterocycles. The zero-order valence-corrected chi connectivity index (χ0v) is 7.82. The molecule has 4 heteroatoms. The molecular formula is C9H16F3N. The maximum atomic E-state index is 12.4. The Labute approximate surface area is 76.7 Å². The van der Waals surface area contributed by atoms with Crippen LogP contribution in [-0.2, 0) is 0 Å². The summed E-state index contributed by atoms with van der Waals surface area (Å²) in [5, 5.41) is 2.39. The van der Waals surface area contributed by atoms with Crippen molar-refractivity contribution in [3.8, 4) is 0 Å². The summed E-state index contributed by atoms with van der Waals surface area (Å²) >= 11 is 0. The van der Waals surface area contributed by atoms with E-state index in [0.29, 0.717) is 12.8 Å². The van der Waals surface area contributed by atoms with Crippen LogP contribution in [-0.4, -0.2) is 19.3 Å². The minimum atomic E-state index is -4.09. The van der Waals surface area contributed by atoms with Gasteiger partial charge in [-0.25, -0.2) is 0 Å². The van der Waals surface area contributed by atoms with Crippen molar-refractivity contribution in [1.29, 1.82) is 0 Å². The van der Waals surface area contributed by atoms with Gasteiger partial charge < -0.3 is 5.32 Å². The molecule has 0 amide bonds. The van der Waals surface area contributed by atoms with Crippen molar-refractivity contribution >= 4 is 0 Å². The number of rotatable bonds is 2. The fraction of sp³-hybridized carbons (Fsp3) is 1.00. The summed E-state index contributed by atoms with van der Waals surface area (Å²) in [5.74, 6) is -0.209. The Balaban J connectivity index is 2.54. The van der Waals surface area contributed by atoms with Crippen LogP contribution in [0.25, 0.3) is 0 Å². The molecule has 1 nitrogen and oxygen atoms in total. The van der Waals surface area contributed by atoms with Gasteiger partial charge in [-0.1, -0.05) is 19.3 Å². The van der Waals surface area contributed by atoms with Gasteiger partial charge in [-0.3, -0.25) is 0 Å². The predicted octanol–water partition coefficient (Wildman–Crippen LogP) is 2.72. The van der Waals surface area contributed by atoms with Crippen molar-refractivity contribution < 1.29 is 13.2 Å². The Morgan fingerprint density at radius 2 is 1.69 bits per heavy atom. The number of nitrogens with one attached hydrogen (secondary N) is 1. The fourth-order valence-corrected chi connectivity index (χ4v) is 2.13. The number of hydrogen-bond acceptors (Lipinski definition) is 1. The molecular weight excluding hydrogens is 179 g/mol. The fourth-order valence-electron chi connectivity index (χ4n) is 2.13. The first-order valence-electron chi connectivity index (χ1n) is 4.79. The molecule has 1 aliphatic carbocycles. The Kier molecular flexibility index (Phi) is 3.59. The van der Waals surface area contributed by atoms with Crippen molar-refractivity contribution in [2.75, 3.05) is 7.05 Å². The monoisotopic (exact) mass is 195 g/mol. The molecule has 0 unspecified atom stereocenters.